The maximum atomic E-state index is 13.0. The van der Waals surface area contributed by atoms with Gasteiger partial charge in [0.2, 0.25) is 11.0 Å². The molecule has 1 aliphatic heterocycles. The van der Waals surface area contributed by atoms with Crippen LogP contribution in [0.15, 0.2) is 54.6 Å². The lowest BCUT2D eigenvalue weighted by Gasteiger charge is -2.24. The fourth-order valence-corrected chi connectivity index (χ4v) is 4.60. The maximum Gasteiger partial charge on any atom is 0.326 e. The number of carboxylic acid groups (broad SMARTS) is 1. The highest BCUT2D eigenvalue weighted by molar-refractivity contribution is 8.14. The number of thioether (sulfide) groups is 1. The Bertz CT molecular complexity index is 901. The van der Waals surface area contributed by atoms with Crippen LogP contribution in [0, 0.1) is 11.8 Å². The molecular weight excluding hydrogens is 400 g/mol. The van der Waals surface area contributed by atoms with Gasteiger partial charge in [-0.2, -0.15) is 0 Å². The Kier molecular flexibility index (Phi) is 7.15. The molecule has 3 unspecified atom stereocenters. The minimum atomic E-state index is -0.975. The van der Waals surface area contributed by atoms with Gasteiger partial charge in [-0.3, -0.25) is 9.59 Å². The summed E-state index contributed by atoms with van der Waals surface area (Å²) in [6.45, 7) is 2.17. The van der Waals surface area contributed by atoms with Gasteiger partial charge in [-0.1, -0.05) is 49.0 Å². The molecule has 0 radical (unpaired) electrons. The molecule has 2 aromatic rings. The summed E-state index contributed by atoms with van der Waals surface area (Å²) in [6.07, 6.45) is 1.19. The summed E-state index contributed by atoms with van der Waals surface area (Å²) >= 11 is 1.07. The average Bonchev–Trinajstić information content (AvgIpc) is 3.16. The number of benzene rings is 2. The van der Waals surface area contributed by atoms with E-state index in [9.17, 15) is 19.5 Å². The number of carbonyl (C=O) groups excluding carboxylic acids is 2. The van der Waals surface area contributed by atoms with Crippen molar-refractivity contribution in [1.82, 2.24) is 4.90 Å². The van der Waals surface area contributed by atoms with E-state index in [-0.39, 0.29) is 16.9 Å². The minimum absolute atomic E-state index is 0.105. The standard InChI is InChI=1S/C23H26N2O4S/c1-15(14-30-23(29)18-7-9-19(24)10-8-18)21(26)25-13-17(12-20(25)22(27)28)11-16-5-3-2-4-6-16/h2-10,15,17,20H,11-14,24H2,1H3,(H,27,28). The number of carboxylic acids is 1. The van der Waals surface area contributed by atoms with E-state index in [1.807, 2.05) is 30.3 Å². The molecule has 30 heavy (non-hydrogen) atoms. The summed E-state index contributed by atoms with van der Waals surface area (Å²) in [4.78, 5) is 38.5. The van der Waals surface area contributed by atoms with Crippen LogP contribution in [0.25, 0.3) is 0 Å². The highest BCUT2D eigenvalue weighted by Gasteiger charge is 2.40. The zero-order valence-electron chi connectivity index (χ0n) is 16.9. The molecule has 1 fully saturated rings. The molecule has 6 nitrogen and oxygen atoms in total. The highest BCUT2D eigenvalue weighted by atomic mass is 32.2. The van der Waals surface area contributed by atoms with Crippen LogP contribution < -0.4 is 5.73 Å². The van der Waals surface area contributed by atoms with Gasteiger partial charge in [-0.05, 0) is 48.6 Å². The first kappa shape index (κ1) is 21.9. The number of anilines is 1. The molecule has 0 bridgehead atoms. The normalized spacial score (nSPS) is 19.4. The van der Waals surface area contributed by atoms with Crippen molar-refractivity contribution in [3.63, 3.8) is 0 Å². The number of carbonyl (C=O) groups is 3. The van der Waals surface area contributed by atoms with Gasteiger partial charge in [0, 0.05) is 29.5 Å². The minimum Gasteiger partial charge on any atom is -0.480 e. The second-order valence-electron chi connectivity index (χ2n) is 7.76. The van der Waals surface area contributed by atoms with Gasteiger partial charge in [0.05, 0.1) is 0 Å². The fraction of sp³-hybridized carbons (Fsp3) is 0.348. The molecular formula is C23H26N2O4S. The fourth-order valence-electron chi connectivity index (χ4n) is 3.75. The van der Waals surface area contributed by atoms with E-state index in [2.05, 4.69) is 0 Å². The summed E-state index contributed by atoms with van der Waals surface area (Å²) in [7, 11) is 0. The van der Waals surface area contributed by atoms with Crippen molar-refractivity contribution in [2.24, 2.45) is 11.8 Å². The van der Waals surface area contributed by atoms with Gasteiger partial charge >= 0.3 is 5.97 Å². The van der Waals surface area contributed by atoms with Crippen molar-refractivity contribution >= 4 is 34.4 Å². The van der Waals surface area contributed by atoms with Crippen molar-refractivity contribution in [3.8, 4) is 0 Å². The quantitative estimate of drug-likeness (QED) is 0.659. The summed E-state index contributed by atoms with van der Waals surface area (Å²) in [6, 6.07) is 15.7. The van der Waals surface area contributed by atoms with E-state index in [0.717, 1.165) is 23.7 Å². The van der Waals surface area contributed by atoms with Crippen LogP contribution in [0.4, 0.5) is 5.69 Å². The van der Waals surface area contributed by atoms with Crippen molar-refractivity contribution in [3.05, 3.63) is 65.7 Å². The van der Waals surface area contributed by atoms with Crippen LogP contribution in [0.1, 0.15) is 29.3 Å². The molecule has 3 rings (SSSR count). The number of hydrogen-bond acceptors (Lipinski definition) is 5. The van der Waals surface area contributed by atoms with Gasteiger partial charge in [-0.25, -0.2) is 4.79 Å². The van der Waals surface area contributed by atoms with E-state index in [0.29, 0.717) is 30.0 Å². The first-order chi connectivity index (χ1) is 14.3. The number of hydrogen-bond donors (Lipinski definition) is 2. The first-order valence-electron chi connectivity index (χ1n) is 9.95. The molecule has 1 aliphatic rings. The van der Waals surface area contributed by atoms with Crippen molar-refractivity contribution in [2.45, 2.75) is 25.8 Å². The SMILES string of the molecule is CC(CSC(=O)c1ccc(N)cc1)C(=O)N1CC(Cc2ccccc2)CC1C(=O)O. The van der Waals surface area contributed by atoms with Crippen molar-refractivity contribution < 1.29 is 19.5 Å². The summed E-state index contributed by atoms with van der Waals surface area (Å²) in [5, 5.41) is 9.49. The predicted molar refractivity (Wildman–Crippen MR) is 118 cm³/mol. The zero-order valence-corrected chi connectivity index (χ0v) is 17.7. The molecule has 3 N–H and O–H groups in total. The van der Waals surface area contributed by atoms with Crippen LogP contribution in [-0.4, -0.2) is 45.3 Å². The third kappa shape index (κ3) is 5.42. The van der Waals surface area contributed by atoms with Gasteiger partial charge < -0.3 is 15.7 Å². The van der Waals surface area contributed by atoms with Crippen LogP contribution >= 0.6 is 11.8 Å². The topological polar surface area (TPSA) is 101 Å². The maximum absolute atomic E-state index is 13.0. The molecule has 1 amide bonds. The summed E-state index contributed by atoms with van der Waals surface area (Å²) in [5.74, 6) is -1.24. The lowest BCUT2D eigenvalue weighted by Crippen LogP contribution is -2.43. The zero-order chi connectivity index (χ0) is 21.7. The Morgan fingerprint density at radius 3 is 2.43 bits per heavy atom. The smallest absolute Gasteiger partial charge is 0.326 e. The van der Waals surface area contributed by atoms with Gasteiger partial charge in [0.15, 0.2) is 0 Å². The van der Waals surface area contributed by atoms with Gasteiger partial charge in [0.1, 0.15) is 6.04 Å². The molecule has 0 spiro atoms. The van der Waals surface area contributed by atoms with Crippen LogP contribution in [-0.2, 0) is 16.0 Å². The van der Waals surface area contributed by atoms with Crippen LogP contribution in [0.5, 0.6) is 0 Å². The Hall–Kier alpha value is -2.80. The van der Waals surface area contributed by atoms with E-state index in [1.165, 1.54) is 4.90 Å². The second kappa shape index (κ2) is 9.80. The first-order valence-corrected chi connectivity index (χ1v) is 10.9. The monoisotopic (exact) mass is 426 g/mol. The predicted octanol–water partition coefficient (Wildman–Crippen LogP) is 3.32. The number of nitrogens with two attached hydrogens (primary N) is 1. The number of aliphatic carboxylic acids is 1. The third-order valence-corrected chi connectivity index (χ3v) is 6.52. The summed E-state index contributed by atoms with van der Waals surface area (Å²) in [5.41, 5.74) is 7.89. The Labute approximate surface area is 180 Å². The van der Waals surface area contributed by atoms with E-state index >= 15 is 0 Å². The average molecular weight is 427 g/mol. The molecule has 7 heteroatoms. The number of likely N-dealkylation sites (tertiary alicyclic amines) is 1. The lowest BCUT2D eigenvalue weighted by atomic mass is 9.97. The number of amides is 1. The van der Waals surface area contributed by atoms with E-state index in [1.54, 1.807) is 31.2 Å². The number of rotatable bonds is 7. The van der Waals surface area contributed by atoms with Crippen LogP contribution in [0.2, 0.25) is 0 Å². The largest absolute Gasteiger partial charge is 0.480 e. The second-order valence-corrected chi connectivity index (χ2v) is 8.75. The molecule has 2 aromatic carbocycles. The Morgan fingerprint density at radius 2 is 1.80 bits per heavy atom. The molecule has 1 saturated heterocycles. The van der Waals surface area contributed by atoms with E-state index in [4.69, 9.17) is 5.73 Å². The lowest BCUT2D eigenvalue weighted by molar-refractivity contribution is -0.149. The molecule has 158 valence electrons. The molecule has 3 atom stereocenters. The van der Waals surface area contributed by atoms with Crippen LogP contribution in [0.3, 0.4) is 0 Å². The number of nitrogen functional groups attached to an aromatic ring is 1. The number of nitrogens with zero attached hydrogens (tertiary/aromatic N) is 1. The van der Waals surface area contributed by atoms with Crippen molar-refractivity contribution in [1.29, 1.82) is 0 Å². The Morgan fingerprint density at radius 1 is 1.13 bits per heavy atom. The summed E-state index contributed by atoms with van der Waals surface area (Å²) < 4.78 is 0. The van der Waals surface area contributed by atoms with Gasteiger partial charge in [0.25, 0.3) is 0 Å². The highest BCUT2D eigenvalue weighted by Crippen LogP contribution is 2.29. The molecule has 0 aliphatic carbocycles. The Balaban J connectivity index is 1.59. The van der Waals surface area contributed by atoms with E-state index < -0.39 is 17.9 Å². The van der Waals surface area contributed by atoms with Crippen molar-refractivity contribution in [2.75, 3.05) is 18.0 Å². The molecule has 0 saturated carbocycles. The molecule has 0 aromatic heterocycles. The van der Waals surface area contributed by atoms with Gasteiger partial charge in [-0.15, -0.1) is 0 Å². The third-order valence-electron chi connectivity index (χ3n) is 5.36. The molecule has 1 heterocycles.